The summed E-state index contributed by atoms with van der Waals surface area (Å²) in [6.07, 6.45) is -1.21. The first-order chi connectivity index (χ1) is 15.8. The minimum Gasteiger partial charge on any atom is -0.381 e. The molecule has 176 valence electrons. The minimum atomic E-state index is -4.39. The second-order valence-corrected chi connectivity index (χ2v) is 9.05. The fourth-order valence-corrected chi connectivity index (χ4v) is 5.05. The molecular weight excluding hydrogens is 435 g/mol. The molecule has 0 bridgehead atoms. The molecule has 10 heteroatoms. The van der Waals surface area contributed by atoms with Gasteiger partial charge in [0.2, 0.25) is 0 Å². The van der Waals surface area contributed by atoms with E-state index >= 15 is 0 Å². The molecule has 2 atom stereocenters. The first kappa shape index (κ1) is 22.1. The number of fused-ring (bicyclic) bond motifs is 1. The number of nitrogens with one attached hydrogen (secondary N) is 1. The highest BCUT2D eigenvalue weighted by Gasteiger charge is 2.36. The van der Waals surface area contributed by atoms with Crippen LogP contribution in [0.15, 0.2) is 35.3 Å². The van der Waals surface area contributed by atoms with Crippen LogP contribution >= 0.6 is 0 Å². The van der Waals surface area contributed by atoms with Crippen LogP contribution < -0.4 is 5.56 Å². The maximum Gasteiger partial charge on any atom is 0.416 e. The lowest BCUT2D eigenvalue weighted by Gasteiger charge is -2.23. The Morgan fingerprint density at radius 1 is 1.18 bits per heavy atom. The van der Waals surface area contributed by atoms with E-state index in [1.165, 1.54) is 12.1 Å². The standard InChI is InChI=1S/C23H26F3N5O2/c1-14-11-30(12-15-4-2-3-5-19(15)23(24,25)26)13-18(14)20-28-21-17(22(32)29-20)10-27-31(21)16-6-8-33-9-7-16/h2-5,10,14,16,18H,6-9,11-13H2,1H3,(H,28,29,32)/t14-,18-/m1/s1. The van der Waals surface area contributed by atoms with E-state index in [2.05, 4.69) is 10.1 Å². The van der Waals surface area contributed by atoms with E-state index in [1.807, 2.05) is 16.5 Å². The summed E-state index contributed by atoms with van der Waals surface area (Å²) in [6.45, 7) is 4.68. The Morgan fingerprint density at radius 2 is 1.94 bits per heavy atom. The second-order valence-electron chi connectivity index (χ2n) is 9.05. The molecule has 0 aliphatic carbocycles. The van der Waals surface area contributed by atoms with Crippen molar-refractivity contribution in [1.29, 1.82) is 0 Å². The van der Waals surface area contributed by atoms with Crippen molar-refractivity contribution in [3.63, 3.8) is 0 Å². The van der Waals surface area contributed by atoms with Gasteiger partial charge in [0.25, 0.3) is 5.56 Å². The number of ether oxygens (including phenoxy) is 1. The quantitative estimate of drug-likeness (QED) is 0.641. The zero-order chi connectivity index (χ0) is 23.2. The van der Waals surface area contributed by atoms with Gasteiger partial charge in [0, 0.05) is 38.8 Å². The van der Waals surface area contributed by atoms with E-state index in [0.29, 0.717) is 43.2 Å². The number of aromatic amines is 1. The van der Waals surface area contributed by atoms with Crippen molar-refractivity contribution in [1.82, 2.24) is 24.6 Å². The largest absolute Gasteiger partial charge is 0.416 e. The lowest BCUT2D eigenvalue weighted by atomic mass is 9.97. The molecule has 0 amide bonds. The van der Waals surface area contributed by atoms with Gasteiger partial charge in [-0.1, -0.05) is 25.1 Å². The Kier molecular flexibility index (Phi) is 5.74. The van der Waals surface area contributed by atoms with Gasteiger partial charge in [0.1, 0.15) is 11.2 Å². The fourth-order valence-electron chi connectivity index (χ4n) is 5.05. The third-order valence-electron chi connectivity index (χ3n) is 6.77. The van der Waals surface area contributed by atoms with Crippen LogP contribution in [0.1, 0.15) is 48.7 Å². The number of nitrogens with zero attached hydrogens (tertiary/aromatic N) is 4. The van der Waals surface area contributed by atoms with Gasteiger partial charge < -0.3 is 9.72 Å². The molecule has 5 rings (SSSR count). The summed E-state index contributed by atoms with van der Waals surface area (Å²) in [7, 11) is 0. The van der Waals surface area contributed by atoms with Crippen LogP contribution in [-0.4, -0.2) is 51.0 Å². The number of aromatic nitrogens is 4. The normalized spacial score (nSPS) is 22.9. The summed E-state index contributed by atoms with van der Waals surface area (Å²) >= 11 is 0. The van der Waals surface area contributed by atoms with Crippen molar-refractivity contribution in [2.45, 2.75) is 44.4 Å². The van der Waals surface area contributed by atoms with Crippen LogP contribution in [0, 0.1) is 5.92 Å². The molecule has 1 N–H and O–H groups in total. The molecule has 0 saturated carbocycles. The molecule has 7 nitrogen and oxygen atoms in total. The van der Waals surface area contributed by atoms with E-state index in [-0.39, 0.29) is 35.5 Å². The number of halogens is 3. The predicted octanol–water partition coefficient (Wildman–Crippen LogP) is 3.73. The van der Waals surface area contributed by atoms with Gasteiger partial charge >= 0.3 is 6.18 Å². The van der Waals surface area contributed by atoms with E-state index in [9.17, 15) is 18.0 Å². The maximum absolute atomic E-state index is 13.4. The third-order valence-corrected chi connectivity index (χ3v) is 6.77. The minimum absolute atomic E-state index is 0.0850. The van der Waals surface area contributed by atoms with E-state index < -0.39 is 11.7 Å². The van der Waals surface area contributed by atoms with Crippen molar-refractivity contribution in [2.24, 2.45) is 5.92 Å². The van der Waals surface area contributed by atoms with Crippen LogP contribution in [-0.2, 0) is 17.5 Å². The molecule has 0 spiro atoms. The Hall–Kier alpha value is -2.72. The SMILES string of the molecule is C[C@@H]1CN(Cc2ccccc2C(F)(F)F)C[C@H]1c1nc2c(cnn2C2CCOCC2)c(=O)[nH]1. The van der Waals surface area contributed by atoms with Crippen molar-refractivity contribution in [2.75, 3.05) is 26.3 Å². The zero-order valence-electron chi connectivity index (χ0n) is 18.3. The summed E-state index contributed by atoms with van der Waals surface area (Å²) in [6, 6.07) is 5.82. The molecule has 4 heterocycles. The van der Waals surface area contributed by atoms with Gasteiger partial charge in [-0.25, -0.2) is 9.67 Å². The molecule has 0 radical (unpaired) electrons. The molecule has 2 aromatic heterocycles. The zero-order valence-corrected chi connectivity index (χ0v) is 18.3. The van der Waals surface area contributed by atoms with Crippen LogP contribution in [0.2, 0.25) is 0 Å². The number of hydrogen-bond donors (Lipinski definition) is 1. The number of likely N-dealkylation sites (tertiary alicyclic amines) is 1. The Labute approximate surface area is 188 Å². The van der Waals surface area contributed by atoms with E-state index in [1.54, 1.807) is 12.3 Å². The van der Waals surface area contributed by atoms with Crippen LogP contribution in [0.4, 0.5) is 13.2 Å². The topological polar surface area (TPSA) is 76.0 Å². The average molecular weight is 461 g/mol. The molecule has 0 unspecified atom stereocenters. The first-order valence-electron chi connectivity index (χ1n) is 11.2. The van der Waals surface area contributed by atoms with Gasteiger partial charge in [0.05, 0.1) is 17.8 Å². The number of hydrogen-bond acceptors (Lipinski definition) is 5. The van der Waals surface area contributed by atoms with Gasteiger partial charge in [-0.2, -0.15) is 18.3 Å². The number of rotatable bonds is 4. The predicted molar refractivity (Wildman–Crippen MR) is 116 cm³/mol. The second kappa shape index (κ2) is 8.57. The Balaban J connectivity index is 1.41. The Bertz CT molecular complexity index is 1200. The summed E-state index contributed by atoms with van der Waals surface area (Å²) in [5.41, 5.74) is -0.0168. The van der Waals surface area contributed by atoms with Gasteiger partial charge in [-0.15, -0.1) is 0 Å². The molecular formula is C23H26F3N5O2. The highest BCUT2D eigenvalue weighted by Crippen LogP contribution is 2.35. The molecule has 2 aliphatic rings. The van der Waals surface area contributed by atoms with Gasteiger partial charge in [-0.3, -0.25) is 9.69 Å². The smallest absolute Gasteiger partial charge is 0.381 e. The van der Waals surface area contributed by atoms with Crippen LogP contribution in [0.3, 0.4) is 0 Å². The van der Waals surface area contributed by atoms with Crippen molar-refractivity contribution >= 4 is 11.0 Å². The highest BCUT2D eigenvalue weighted by molar-refractivity contribution is 5.73. The maximum atomic E-state index is 13.4. The van der Waals surface area contributed by atoms with Crippen LogP contribution in [0.5, 0.6) is 0 Å². The third kappa shape index (κ3) is 4.29. The number of alkyl halides is 3. The lowest BCUT2D eigenvalue weighted by Crippen LogP contribution is -2.24. The Morgan fingerprint density at radius 3 is 2.70 bits per heavy atom. The number of H-pyrrole nitrogens is 1. The summed E-state index contributed by atoms with van der Waals surface area (Å²) in [5, 5.41) is 4.88. The molecule has 2 aliphatic heterocycles. The molecule has 33 heavy (non-hydrogen) atoms. The van der Waals surface area contributed by atoms with Crippen molar-refractivity contribution < 1.29 is 17.9 Å². The van der Waals surface area contributed by atoms with Crippen molar-refractivity contribution in [3.8, 4) is 0 Å². The molecule has 2 fully saturated rings. The van der Waals surface area contributed by atoms with Crippen LogP contribution in [0.25, 0.3) is 11.0 Å². The summed E-state index contributed by atoms with van der Waals surface area (Å²) < 4.78 is 47.5. The fraction of sp³-hybridized carbons (Fsp3) is 0.522. The first-order valence-corrected chi connectivity index (χ1v) is 11.2. The lowest BCUT2D eigenvalue weighted by molar-refractivity contribution is -0.138. The highest BCUT2D eigenvalue weighted by atomic mass is 19.4. The summed E-state index contributed by atoms with van der Waals surface area (Å²) in [4.78, 5) is 22.5. The molecule has 1 aromatic carbocycles. The van der Waals surface area contributed by atoms with Gasteiger partial charge in [-0.05, 0) is 30.4 Å². The molecule has 2 saturated heterocycles. The monoisotopic (exact) mass is 461 g/mol. The van der Waals surface area contributed by atoms with Crippen molar-refractivity contribution in [3.05, 3.63) is 57.8 Å². The number of benzene rings is 1. The van der Waals surface area contributed by atoms with E-state index in [4.69, 9.17) is 9.72 Å². The summed E-state index contributed by atoms with van der Waals surface area (Å²) in [5.74, 6) is 0.613. The van der Waals surface area contributed by atoms with E-state index in [0.717, 1.165) is 18.9 Å². The molecule has 3 aromatic rings. The average Bonchev–Trinajstić information content (AvgIpc) is 3.37. The van der Waals surface area contributed by atoms with Gasteiger partial charge in [0.15, 0.2) is 5.65 Å².